The number of rotatable bonds is 2. The van der Waals surface area contributed by atoms with Gasteiger partial charge in [0.2, 0.25) is 0 Å². The maximum Gasteiger partial charge on any atom is 0.163 e. The van der Waals surface area contributed by atoms with Crippen molar-refractivity contribution in [2.75, 3.05) is 5.32 Å². The van der Waals surface area contributed by atoms with Gasteiger partial charge in [0.25, 0.3) is 0 Å². The Hall–Kier alpha value is -1.95. The third kappa shape index (κ3) is 1.95. The third-order valence-electron chi connectivity index (χ3n) is 2.62. The lowest BCUT2D eigenvalue weighted by molar-refractivity contribution is 0.785. The summed E-state index contributed by atoms with van der Waals surface area (Å²) in [4.78, 5) is 8.45. The molecule has 2 aromatic heterocycles. The Balaban J connectivity index is 2.05. The van der Waals surface area contributed by atoms with Gasteiger partial charge in [-0.05, 0) is 18.2 Å². The van der Waals surface area contributed by atoms with Gasteiger partial charge in [-0.3, -0.25) is 4.68 Å². The lowest BCUT2D eigenvalue weighted by Gasteiger charge is -2.06. The number of fused-ring (bicyclic) bond motifs is 1. The van der Waals surface area contributed by atoms with Gasteiger partial charge in [-0.2, -0.15) is 5.10 Å². The molecule has 1 N–H and O–H groups in total. The van der Waals surface area contributed by atoms with Gasteiger partial charge >= 0.3 is 0 Å². The number of hydrogen-bond acceptors (Lipinski definition) is 4. The van der Waals surface area contributed by atoms with Crippen LogP contribution in [0.3, 0.4) is 0 Å². The second-order valence-corrected chi connectivity index (χ2v) is 4.78. The molecule has 0 radical (unpaired) electrons. The molecule has 6 heteroatoms. The van der Waals surface area contributed by atoms with E-state index in [4.69, 9.17) is 0 Å². The Morgan fingerprint density at radius 1 is 1.28 bits per heavy atom. The SMILES string of the molecule is Cn1ncc2c(Nc3cccc(Br)c3)ncnc21. The van der Waals surface area contributed by atoms with E-state index in [0.717, 1.165) is 27.0 Å². The molecule has 5 nitrogen and oxygen atoms in total. The number of aromatic nitrogens is 4. The van der Waals surface area contributed by atoms with Gasteiger partial charge < -0.3 is 5.32 Å². The lowest BCUT2D eigenvalue weighted by atomic mass is 10.3. The van der Waals surface area contributed by atoms with Crippen LogP contribution in [0.4, 0.5) is 11.5 Å². The molecule has 0 aliphatic heterocycles. The van der Waals surface area contributed by atoms with Crippen molar-refractivity contribution in [3.63, 3.8) is 0 Å². The predicted octanol–water partition coefficient (Wildman–Crippen LogP) is 2.87. The van der Waals surface area contributed by atoms with Crippen molar-refractivity contribution >= 4 is 38.5 Å². The first kappa shape index (κ1) is 11.2. The van der Waals surface area contributed by atoms with Gasteiger partial charge in [0, 0.05) is 17.2 Å². The quantitative estimate of drug-likeness (QED) is 0.791. The largest absolute Gasteiger partial charge is 0.339 e. The molecular weight excluding hydrogens is 294 g/mol. The highest BCUT2D eigenvalue weighted by Crippen LogP contribution is 2.23. The van der Waals surface area contributed by atoms with E-state index < -0.39 is 0 Å². The topological polar surface area (TPSA) is 55.6 Å². The fourth-order valence-corrected chi connectivity index (χ4v) is 2.16. The molecule has 0 atom stereocenters. The minimum absolute atomic E-state index is 0.756. The van der Waals surface area contributed by atoms with Crippen molar-refractivity contribution in [3.8, 4) is 0 Å². The van der Waals surface area contributed by atoms with Crippen molar-refractivity contribution in [1.29, 1.82) is 0 Å². The summed E-state index contributed by atoms with van der Waals surface area (Å²) in [5, 5.41) is 8.35. The van der Waals surface area contributed by atoms with Crippen molar-refractivity contribution in [2.45, 2.75) is 0 Å². The van der Waals surface area contributed by atoms with Gasteiger partial charge in [-0.1, -0.05) is 22.0 Å². The minimum Gasteiger partial charge on any atom is -0.339 e. The fourth-order valence-electron chi connectivity index (χ4n) is 1.76. The zero-order chi connectivity index (χ0) is 12.5. The minimum atomic E-state index is 0.756. The zero-order valence-corrected chi connectivity index (χ0v) is 11.2. The van der Waals surface area contributed by atoms with Crippen LogP contribution in [-0.2, 0) is 7.05 Å². The first-order valence-corrected chi connectivity index (χ1v) is 6.18. The highest BCUT2D eigenvalue weighted by atomic mass is 79.9. The summed E-state index contributed by atoms with van der Waals surface area (Å²) in [7, 11) is 1.86. The van der Waals surface area contributed by atoms with Crippen molar-refractivity contribution < 1.29 is 0 Å². The van der Waals surface area contributed by atoms with E-state index in [1.807, 2.05) is 31.3 Å². The molecule has 18 heavy (non-hydrogen) atoms. The molecule has 3 rings (SSSR count). The van der Waals surface area contributed by atoms with E-state index in [1.54, 1.807) is 10.9 Å². The molecule has 0 fully saturated rings. The summed E-state index contributed by atoms with van der Waals surface area (Å²) in [6.07, 6.45) is 3.29. The first-order valence-electron chi connectivity index (χ1n) is 5.39. The molecule has 0 bridgehead atoms. The van der Waals surface area contributed by atoms with Crippen LogP contribution in [0.2, 0.25) is 0 Å². The van der Waals surface area contributed by atoms with Gasteiger partial charge in [-0.25, -0.2) is 9.97 Å². The second-order valence-electron chi connectivity index (χ2n) is 3.86. The van der Waals surface area contributed by atoms with Crippen LogP contribution < -0.4 is 5.32 Å². The molecule has 0 unspecified atom stereocenters. The first-order chi connectivity index (χ1) is 8.74. The summed E-state index contributed by atoms with van der Waals surface area (Å²) in [5.74, 6) is 0.756. The Morgan fingerprint density at radius 2 is 2.17 bits per heavy atom. The van der Waals surface area contributed by atoms with Crippen LogP contribution >= 0.6 is 15.9 Å². The summed E-state index contributed by atoms with van der Waals surface area (Å²) in [6, 6.07) is 7.91. The van der Waals surface area contributed by atoms with E-state index in [1.165, 1.54) is 6.33 Å². The van der Waals surface area contributed by atoms with E-state index in [-0.39, 0.29) is 0 Å². The van der Waals surface area contributed by atoms with Crippen molar-refractivity contribution in [2.24, 2.45) is 7.05 Å². The van der Waals surface area contributed by atoms with E-state index in [2.05, 4.69) is 36.3 Å². The third-order valence-corrected chi connectivity index (χ3v) is 3.11. The van der Waals surface area contributed by atoms with Crippen LogP contribution in [0.1, 0.15) is 0 Å². The van der Waals surface area contributed by atoms with Crippen LogP contribution in [0.25, 0.3) is 11.0 Å². The number of hydrogen-bond donors (Lipinski definition) is 1. The molecule has 0 saturated carbocycles. The number of benzene rings is 1. The maximum absolute atomic E-state index is 4.25. The second kappa shape index (κ2) is 4.38. The van der Waals surface area contributed by atoms with Gasteiger partial charge in [0.1, 0.15) is 12.1 Å². The highest BCUT2D eigenvalue weighted by Gasteiger charge is 2.07. The zero-order valence-electron chi connectivity index (χ0n) is 9.63. The van der Waals surface area contributed by atoms with Crippen LogP contribution in [0.15, 0.2) is 41.3 Å². The van der Waals surface area contributed by atoms with E-state index >= 15 is 0 Å². The van der Waals surface area contributed by atoms with Crippen LogP contribution in [0, 0.1) is 0 Å². The predicted molar refractivity (Wildman–Crippen MR) is 73.7 cm³/mol. The summed E-state index contributed by atoms with van der Waals surface area (Å²) in [6.45, 7) is 0. The maximum atomic E-state index is 4.25. The molecular formula is C12H10BrN5. The molecule has 2 heterocycles. The Bertz CT molecular complexity index is 707. The smallest absolute Gasteiger partial charge is 0.163 e. The Labute approximate surface area is 112 Å². The van der Waals surface area contributed by atoms with Gasteiger partial charge in [-0.15, -0.1) is 0 Å². The average molecular weight is 304 g/mol. The normalized spacial score (nSPS) is 10.8. The molecule has 1 aromatic carbocycles. The van der Waals surface area contributed by atoms with Crippen molar-refractivity contribution in [1.82, 2.24) is 19.7 Å². The van der Waals surface area contributed by atoms with Crippen molar-refractivity contribution in [3.05, 3.63) is 41.3 Å². The monoisotopic (exact) mass is 303 g/mol. The van der Waals surface area contributed by atoms with E-state index in [0.29, 0.717) is 0 Å². The highest BCUT2D eigenvalue weighted by molar-refractivity contribution is 9.10. The average Bonchev–Trinajstić information content (AvgIpc) is 2.73. The number of aryl methyl sites for hydroxylation is 1. The number of nitrogens with one attached hydrogen (secondary N) is 1. The summed E-state index contributed by atoms with van der Waals surface area (Å²) >= 11 is 3.44. The lowest BCUT2D eigenvalue weighted by Crippen LogP contribution is -1.97. The number of halogens is 1. The molecule has 0 saturated heterocycles. The number of nitrogens with zero attached hydrogens (tertiary/aromatic N) is 4. The van der Waals surface area contributed by atoms with Gasteiger partial charge in [0.15, 0.2) is 5.65 Å². The van der Waals surface area contributed by atoms with Crippen LogP contribution in [-0.4, -0.2) is 19.7 Å². The number of anilines is 2. The fraction of sp³-hybridized carbons (Fsp3) is 0.0833. The Kier molecular flexibility index (Phi) is 2.71. The molecule has 0 amide bonds. The molecule has 0 aliphatic rings. The summed E-state index contributed by atoms with van der Waals surface area (Å²) in [5.41, 5.74) is 1.77. The Morgan fingerprint density at radius 3 is 3.00 bits per heavy atom. The van der Waals surface area contributed by atoms with Crippen LogP contribution in [0.5, 0.6) is 0 Å². The summed E-state index contributed by atoms with van der Waals surface area (Å²) < 4.78 is 2.74. The van der Waals surface area contributed by atoms with Gasteiger partial charge in [0.05, 0.1) is 11.6 Å². The standard InChI is InChI=1S/C12H10BrN5/c1-18-12-10(6-16-18)11(14-7-15-12)17-9-4-2-3-8(13)5-9/h2-7H,1H3,(H,14,15,17). The molecule has 0 spiro atoms. The molecule has 90 valence electrons. The molecule has 3 aromatic rings. The van der Waals surface area contributed by atoms with E-state index in [9.17, 15) is 0 Å². The molecule has 0 aliphatic carbocycles.